The maximum atomic E-state index is 11.0. The number of piperidine rings is 1. The number of isocyanates is 1. The second-order valence-electron chi connectivity index (χ2n) is 6.90. The van der Waals surface area contributed by atoms with Crippen molar-refractivity contribution >= 4 is 6.08 Å². The Balaban J connectivity index is 1.90. The minimum atomic E-state index is -0.501. The fraction of sp³-hybridized carbons (Fsp3) is 0.632. The Hall–Kier alpha value is -1.84. The van der Waals surface area contributed by atoms with Crippen molar-refractivity contribution in [2.45, 2.75) is 50.2 Å². The van der Waals surface area contributed by atoms with Crippen LogP contribution in [0.15, 0.2) is 23.2 Å². The molecule has 1 saturated heterocycles. The van der Waals surface area contributed by atoms with Gasteiger partial charge >= 0.3 is 0 Å². The average Bonchev–Trinajstić information content (AvgIpc) is 3.07. The second-order valence-corrected chi connectivity index (χ2v) is 6.90. The van der Waals surface area contributed by atoms with Crippen LogP contribution >= 0.6 is 0 Å². The number of methoxy groups -OCH3 is 1. The lowest BCUT2D eigenvalue weighted by Crippen LogP contribution is -2.35. The van der Waals surface area contributed by atoms with Gasteiger partial charge in [0, 0.05) is 18.7 Å². The summed E-state index contributed by atoms with van der Waals surface area (Å²) in [6.07, 6.45) is 7.86. The number of ether oxygens (including phenoxy) is 2. The van der Waals surface area contributed by atoms with Crippen LogP contribution < -0.4 is 9.47 Å². The van der Waals surface area contributed by atoms with Crippen molar-refractivity contribution in [3.8, 4) is 11.5 Å². The lowest BCUT2D eigenvalue weighted by atomic mass is 9.88. The van der Waals surface area contributed by atoms with Gasteiger partial charge in [0.05, 0.1) is 7.11 Å². The number of carbonyl (C=O) groups excluding carboxylic acids is 1. The van der Waals surface area contributed by atoms with E-state index in [4.69, 9.17) is 9.47 Å². The molecule has 0 spiro atoms. The van der Waals surface area contributed by atoms with Crippen molar-refractivity contribution in [3.63, 3.8) is 0 Å². The summed E-state index contributed by atoms with van der Waals surface area (Å²) in [4.78, 5) is 17.5. The molecule has 130 valence electrons. The van der Waals surface area contributed by atoms with Gasteiger partial charge in [-0.15, -0.1) is 0 Å². The molecule has 1 heterocycles. The summed E-state index contributed by atoms with van der Waals surface area (Å²) < 4.78 is 12.0. The maximum absolute atomic E-state index is 11.0. The van der Waals surface area contributed by atoms with Crippen LogP contribution in [0.25, 0.3) is 0 Å². The van der Waals surface area contributed by atoms with Crippen molar-refractivity contribution in [1.29, 1.82) is 0 Å². The predicted molar refractivity (Wildman–Crippen MR) is 92.4 cm³/mol. The molecule has 1 aromatic carbocycles. The summed E-state index contributed by atoms with van der Waals surface area (Å²) in [7, 11) is 3.80. The quantitative estimate of drug-likeness (QED) is 0.614. The Bertz CT molecular complexity index is 611. The van der Waals surface area contributed by atoms with E-state index >= 15 is 0 Å². The van der Waals surface area contributed by atoms with Crippen LogP contribution in [0.3, 0.4) is 0 Å². The molecule has 0 amide bonds. The van der Waals surface area contributed by atoms with Crippen molar-refractivity contribution in [1.82, 2.24) is 4.90 Å². The SMILES string of the molecule is COc1c(OC2CCN(C)CC2)cccc1C1(N=C=O)CCCC1. The van der Waals surface area contributed by atoms with Gasteiger partial charge < -0.3 is 14.4 Å². The zero-order valence-corrected chi connectivity index (χ0v) is 14.6. The minimum absolute atomic E-state index is 0.208. The molecular weight excluding hydrogens is 304 g/mol. The van der Waals surface area contributed by atoms with Crippen molar-refractivity contribution in [2.24, 2.45) is 4.99 Å². The minimum Gasteiger partial charge on any atom is -0.492 e. The molecule has 5 heteroatoms. The number of likely N-dealkylation sites (tertiary alicyclic amines) is 1. The molecule has 24 heavy (non-hydrogen) atoms. The maximum Gasteiger partial charge on any atom is 0.235 e. The fourth-order valence-corrected chi connectivity index (χ4v) is 3.96. The molecule has 1 aliphatic carbocycles. The molecule has 1 aromatic rings. The molecular formula is C19H26N2O3. The number of hydrogen-bond acceptors (Lipinski definition) is 5. The van der Waals surface area contributed by atoms with Gasteiger partial charge in [-0.25, -0.2) is 4.79 Å². The van der Waals surface area contributed by atoms with Crippen LogP contribution in [0.2, 0.25) is 0 Å². The third-order valence-corrected chi connectivity index (χ3v) is 5.33. The first-order chi connectivity index (χ1) is 11.7. The van der Waals surface area contributed by atoms with Crippen LogP contribution in [-0.2, 0) is 10.3 Å². The summed E-state index contributed by atoms with van der Waals surface area (Å²) >= 11 is 0. The van der Waals surface area contributed by atoms with E-state index in [9.17, 15) is 4.79 Å². The van der Waals surface area contributed by atoms with E-state index in [1.165, 1.54) is 0 Å². The van der Waals surface area contributed by atoms with Gasteiger partial charge in [0.1, 0.15) is 11.6 Å². The highest BCUT2D eigenvalue weighted by atomic mass is 16.5. The molecule has 0 N–H and O–H groups in total. The first-order valence-corrected chi connectivity index (χ1v) is 8.80. The number of rotatable bonds is 5. The Morgan fingerprint density at radius 2 is 1.96 bits per heavy atom. The van der Waals surface area contributed by atoms with Crippen LogP contribution in [0.5, 0.6) is 11.5 Å². The van der Waals surface area contributed by atoms with Crippen molar-refractivity contribution < 1.29 is 14.3 Å². The molecule has 0 aromatic heterocycles. The highest BCUT2D eigenvalue weighted by Gasteiger charge is 2.39. The van der Waals surface area contributed by atoms with Crippen molar-refractivity contribution in [3.05, 3.63) is 23.8 Å². The number of nitrogens with zero attached hydrogens (tertiary/aromatic N) is 2. The van der Waals surface area contributed by atoms with Gasteiger partial charge in [-0.1, -0.05) is 25.0 Å². The number of hydrogen-bond donors (Lipinski definition) is 0. The molecule has 1 saturated carbocycles. The van der Waals surface area contributed by atoms with E-state index in [1.54, 1.807) is 13.2 Å². The Labute approximate surface area is 143 Å². The van der Waals surface area contributed by atoms with Crippen LogP contribution in [-0.4, -0.2) is 44.3 Å². The van der Waals surface area contributed by atoms with Crippen LogP contribution in [0.4, 0.5) is 0 Å². The third-order valence-electron chi connectivity index (χ3n) is 5.33. The molecule has 0 radical (unpaired) electrons. The molecule has 0 unspecified atom stereocenters. The van der Waals surface area contributed by atoms with E-state index < -0.39 is 5.54 Å². The molecule has 2 aliphatic rings. The molecule has 2 fully saturated rings. The van der Waals surface area contributed by atoms with E-state index in [-0.39, 0.29) is 6.10 Å². The highest BCUT2D eigenvalue weighted by Crippen LogP contribution is 2.48. The highest BCUT2D eigenvalue weighted by molar-refractivity contribution is 5.52. The number of aliphatic imine (C=N–C) groups is 1. The summed E-state index contributed by atoms with van der Waals surface area (Å²) in [6, 6.07) is 5.93. The van der Waals surface area contributed by atoms with Crippen LogP contribution in [0, 0.1) is 0 Å². The monoisotopic (exact) mass is 330 g/mol. The zero-order chi connectivity index (χ0) is 17.0. The van der Waals surface area contributed by atoms with Gasteiger partial charge in [0.25, 0.3) is 0 Å². The Morgan fingerprint density at radius 1 is 1.25 bits per heavy atom. The fourth-order valence-electron chi connectivity index (χ4n) is 3.96. The molecule has 0 bridgehead atoms. The van der Waals surface area contributed by atoms with E-state index in [2.05, 4.69) is 16.9 Å². The molecule has 5 nitrogen and oxygen atoms in total. The number of para-hydroxylation sites is 1. The normalized spacial score (nSPS) is 21.2. The van der Waals surface area contributed by atoms with Gasteiger partial charge in [-0.2, -0.15) is 4.99 Å². The van der Waals surface area contributed by atoms with E-state index in [1.807, 2.05) is 18.2 Å². The number of benzene rings is 1. The smallest absolute Gasteiger partial charge is 0.235 e. The van der Waals surface area contributed by atoms with Gasteiger partial charge in [-0.05, 0) is 38.8 Å². The largest absolute Gasteiger partial charge is 0.492 e. The van der Waals surface area contributed by atoms with Gasteiger partial charge in [-0.3, -0.25) is 0 Å². The summed E-state index contributed by atoms with van der Waals surface area (Å²) in [5.41, 5.74) is 0.454. The average molecular weight is 330 g/mol. The summed E-state index contributed by atoms with van der Waals surface area (Å²) in [5, 5.41) is 0. The summed E-state index contributed by atoms with van der Waals surface area (Å²) in [5.74, 6) is 1.48. The standard InChI is InChI=1S/C19H26N2O3/c1-21-12-8-15(9-13-21)24-17-7-5-6-16(18(17)23-2)19(20-14-22)10-3-4-11-19/h5-7,15H,3-4,8-13H2,1-2H3. The van der Waals surface area contributed by atoms with Gasteiger partial charge in [0.2, 0.25) is 6.08 Å². The second kappa shape index (κ2) is 7.37. The summed E-state index contributed by atoms with van der Waals surface area (Å²) in [6.45, 7) is 2.10. The van der Waals surface area contributed by atoms with Crippen molar-refractivity contribution in [2.75, 3.05) is 27.2 Å². The first kappa shape index (κ1) is 17.0. The Morgan fingerprint density at radius 3 is 2.58 bits per heavy atom. The molecule has 3 rings (SSSR count). The zero-order valence-electron chi connectivity index (χ0n) is 14.6. The first-order valence-electron chi connectivity index (χ1n) is 8.80. The third kappa shape index (κ3) is 3.33. The molecule has 1 aliphatic heterocycles. The van der Waals surface area contributed by atoms with Gasteiger partial charge in [0.15, 0.2) is 11.5 Å². The topological polar surface area (TPSA) is 51.1 Å². The predicted octanol–water partition coefficient (Wildman–Crippen LogP) is 3.27. The van der Waals surface area contributed by atoms with E-state index in [0.29, 0.717) is 0 Å². The molecule has 0 atom stereocenters. The van der Waals surface area contributed by atoms with Crippen LogP contribution in [0.1, 0.15) is 44.1 Å². The lowest BCUT2D eigenvalue weighted by molar-refractivity contribution is 0.110. The van der Waals surface area contributed by atoms with E-state index in [0.717, 1.165) is 68.7 Å². The lowest BCUT2D eigenvalue weighted by Gasteiger charge is -2.31. The Kier molecular flexibility index (Phi) is 5.22.